The van der Waals surface area contributed by atoms with Gasteiger partial charge >= 0.3 is 0 Å². The maximum atomic E-state index is 12.2. The molecule has 0 saturated heterocycles. The minimum atomic E-state index is 0.0589. The molecule has 0 radical (unpaired) electrons. The predicted octanol–water partition coefficient (Wildman–Crippen LogP) is 2.60. The van der Waals surface area contributed by atoms with Gasteiger partial charge in [-0.15, -0.1) is 0 Å². The van der Waals surface area contributed by atoms with Crippen LogP contribution in [0.15, 0.2) is 28.7 Å². The summed E-state index contributed by atoms with van der Waals surface area (Å²) in [6.45, 7) is 1.75. The first kappa shape index (κ1) is 15.5. The number of hydrogen-bond acceptors (Lipinski definition) is 3. The summed E-state index contributed by atoms with van der Waals surface area (Å²) in [4.78, 5) is 14.2. The average molecular weight is 342 g/mol. The van der Waals surface area contributed by atoms with Crippen LogP contribution in [0.3, 0.4) is 0 Å². The monoisotopic (exact) mass is 341 g/mol. The fraction of sp³-hybridized carbons (Fsp3) is 0.533. The van der Waals surface area contributed by atoms with Crippen molar-refractivity contribution in [2.75, 3.05) is 26.9 Å². The second-order valence-corrected chi connectivity index (χ2v) is 5.84. The largest absolute Gasteiger partial charge is 0.382 e. The number of hydrogen-bond donors (Lipinski definition) is 0. The van der Waals surface area contributed by atoms with Gasteiger partial charge in [0.05, 0.1) is 13.2 Å². The van der Waals surface area contributed by atoms with E-state index in [0.29, 0.717) is 25.8 Å². The Bertz CT molecular complexity index is 448. The summed E-state index contributed by atoms with van der Waals surface area (Å²) in [6.07, 6.45) is 2.19. The zero-order valence-electron chi connectivity index (χ0n) is 11.7. The number of halogens is 1. The highest BCUT2D eigenvalue weighted by Crippen LogP contribution is 2.28. The maximum absolute atomic E-state index is 12.2. The number of methoxy groups -OCH3 is 1. The van der Waals surface area contributed by atoms with E-state index in [4.69, 9.17) is 9.47 Å². The highest BCUT2D eigenvalue weighted by Gasteiger charge is 2.32. The summed E-state index contributed by atoms with van der Waals surface area (Å²) in [5.41, 5.74) is 1.14. The molecule has 1 aromatic rings. The Kier molecular flexibility index (Phi) is 6.01. The number of amides is 1. The lowest BCUT2D eigenvalue weighted by Gasteiger charge is -2.22. The van der Waals surface area contributed by atoms with Crippen LogP contribution >= 0.6 is 15.9 Å². The summed E-state index contributed by atoms with van der Waals surface area (Å²) in [5.74, 6) is 0.0589. The molecule has 0 spiro atoms. The van der Waals surface area contributed by atoms with Crippen LogP contribution in [0.25, 0.3) is 0 Å². The molecule has 110 valence electrons. The van der Waals surface area contributed by atoms with Gasteiger partial charge < -0.3 is 14.4 Å². The van der Waals surface area contributed by atoms with E-state index < -0.39 is 0 Å². The van der Waals surface area contributed by atoms with Gasteiger partial charge in [0.2, 0.25) is 5.91 Å². The molecule has 1 saturated carbocycles. The second kappa shape index (κ2) is 7.76. The Morgan fingerprint density at radius 2 is 2.20 bits per heavy atom. The van der Waals surface area contributed by atoms with Gasteiger partial charge in [0.15, 0.2) is 0 Å². The van der Waals surface area contributed by atoms with E-state index in [1.165, 1.54) is 0 Å². The molecule has 1 aliphatic rings. The van der Waals surface area contributed by atoms with E-state index in [-0.39, 0.29) is 12.5 Å². The molecule has 0 N–H and O–H groups in total. The van der Waals surface area contributed by atoms with Gasteiger partial charge in [-0.25, -0.2) is 0 Å². The van der Waals surface area contributed by atoms with Crippen LogP contribution in [0.2, 0.25) is 0 Å². The standard InChI is InChI=1S/C15H20BrNO3/c1-19-7-8-20-11-15(18)17(14-5-6-14)10-12-3-2-4-13(16)9-12/h2-4,9,14H,5-8,10-11H2,1H3. The smallest absolute Gasteiger partial charge is 0.249 e. The summed E-state index contributed by atoms with van der Waals surface area (Å²) in [7, 11) is 1.62. The van der Waals surface area contributed by atoms with E-state index in [1.54, 1.807) is 7.11 Å². The molecule has 1 amide bonds. The normalized spacial score (nSPS) is 14.3. The lowest BCUT2D eigenvalue weighted by atomic mass is 10.2. The predicted molar refractivity (Wildman–Crippen MR) is 80.4 cm³/mol. The Morgan fingerprint density at radius 3 is 2.85 bits per heavy atom. The minimum Gasteiger partial charge on any atom is -0.382 e. The summed E-state index contributed by atoms with van der Waals surface area (Å²) in [5, 5.41) is 0. The molecule has 1 aromatic carbocycles. The van der Waals surface area contributed by atoms with Crippen molar-refractivity contribution in [1.82, 2.24) is 4.90 Å². The van der Waals surface area contributed by atoms with E-state index in [9.17, 15) is 4.79 Å². The van der Waals surface area contributed by atoms with Gasteiger partial charge in [0.25, 0.3) is 0 Å². The first-order chi connectivity index (χ1) is 9.70. The van der Waals surface area contributed by atoms with Crippen LogP contribution in [0.1, 0.15) is 18.4 Å². The molecular weight excluding hydrogens is 322 g/mol. The summed E-state index contributed by atoms with van der Waals surface area (Å²) in [6, 6.07) is 8.45. The number of rotatable bonds is 8. The van der Waals surface area contributed by atoms with Gasteiger partial charge in [-0.1, -0.05) is 28.1 Å². The second-order valence-electron chi connectivity index (χ2n) is 4.93. The fourth-order valence-electron chi connectivity index (χ4n) is 2.02. The summed E-state index contributed by atoms with van der Waals surface area (Å²) < 4.78 is 11.3. The van der Waals surface area contributed by atoms with Crippen LogP contribution in [0, 0.1) is 0 Å². The van der Waals surface area contributed by atoms with Crippen LogP contribution in [0.4, 0.5) is 0 Å². The van der Waals surface area contributed by atoms with Crippen LogP contribution < -0.4 is 0 Å². The van der Waals surface area contributed by atoms with Crippen molar-refractivity contribution in [2.24, 2.45) is 0 Å². The average Bonchev–Trinajstić information content (AvgIpc) is 3.25. The maximum Gasteiger partial charge on any atom is 0.249 e. The van der Waals surface area contributed by atoms with E-state index in [0.717, 1.165) is 22.9 Å². The van der Waals surface area contributed by atoms with Crippen molar-refractivity contribution in [3.63, 3.8) is 0 Å². The Balaban J connectivity index is 1.88. The zero-order valence-corrected chi connectivity index (χ0v) is 13.3. The Hall–Kier alpha value is -0.910. The third-order valence-corrected chi connectivity index (χ3v) is 3.70. The van der Waals surface area contributed by atoms with Gasteiger partial charge in [0, 0.05) is 24.2 Å². The Labute approximate surface area is 128 Å². The highest BCUT2D eigenvalue weighted by molar-refractivity contribution is 9.10. The topological polar surface area (TPSA) is 38.8 Å². The first-order valence-corrected chi connectivity index (χ1v) is 7.60. The summed E-state index contributed by atoms with van der Waals surface area (Å²) >= 11 is 3.46. The molecule has 0 unspecified atom stereocenters. The third-order valence-electron chi connectivity index (χ3n) is 3.21. The van der Waals surface area contributed by atoms with E-state index in [2.05, 4.69) is 22.0 Å². The van der Waals surface area contributed by atoms with Crippen LogP contribution in [-0.2, 0) is 20.8 Å². The number of carbonyl (C=O) groups is 1. The van der Waals surface area contributed by atoms with Crippen molar-refractivity contribution in [3.05, 3.63) is 34.3 Å². The van der Waals surface area contributed by atoms with Crippen molar-refractivity contribution in [3.8, 4) is 0 Å². The third kappa shape index (κ3) is 4.89. The van der Waals surface area contributed by atoms with E-state index in [1.807, 2.05) is 23.1 Å². The molecule has 0 atom stereocenters. The van der Waals surface area contributed by atoms with Crippen molar-refractivity contribution < 1.29 is 14.3 Å². The van der Waals surface area contributed by atoms with Crippen molar-refractivity contribution in [1.29, 1.82) is 0 Å². The Morgan fingerprint density at radius 1 is 1.40 bits per heavy atom. The molecule has 1 aliphatic carbocycles. The van der Waals surface area contributed by atoms with Gasteiger partial charge in [-0.2, -0.15) is 0 Å². The molecular formula is C15H20BrNO3. The van der Waals surface area contributed by atoms with E-state index >= 15 is 0 Å². The molecule has 20 heavy (non-hydrogen) atoms. The van der Waals surface area contributed by atoms with Crippen LogP contribution in [-0.4, -0.2) is 43.8 Å². The van der Waals surface area contributed by atoms with Gasteiger partial charge in [-0.05, 0) is 30.5 Å². The van der Waals surface area contributed by atoms with Gasteiger partial charge in [-0.3, -0.25) is 4.79 Å². The number of nitrogens with zero attached hydrogens (tertiary/aromatic N) is 1. The molecule has 5 heteroatoms. The first-order valence-electron chi connectivity index (χ1n) is 6.81. The molecule has 0 bridgehead atoms. The fourth-order valence-corrected chi connectivity index (χ4v) is 2.47. The van der Waals surface area contributed by atoms with Crippen molar-refractivity contribution >= 4 is 21.8 Å². The number of ether oxygens (including phenoxy) is 2. The van der Waals surface area contributed by atoms with Gasteiger partial charge in [0.1, 0.15) is 6.61 Å². The zero-order chi connectivity index (χ0) is 14.4. The molecule has 0 aromatic heterocycles. The highest BCUT2D eigenvalue weighted by atomic mass is 79.9. The lowest BCUT2D eigenvalue weighted by molar-refractivity contribution is -0.137. The number of carbonyl (C=O) groups excluding carboxylic acids is 1. The van der Waals surface area contributed by atoms with Crippen LogP contribution in [0.5, 0.6) is 0 Å². The molecule has 1 fully saturated rings. The number of benzene rings is 1. The molecule has 0 aliphatic heterocycles. The SMILES string of the molecule is COCCOCC(=O)N(Cc1cccc(Br)c1)C1CC1. The van der Waals surface area contributed by atoms with Crippen molar-refractivity contribution in [2.45, 2.75) is 25.4 Å². The molecule has 2 rings (SSSR count). The molecule has 0 heterocycles. The molecule has 4 nitrogen and oxygen atoms in total. The quantitative estimate of drug-likeness (QED) is 0.682. The lowest BCUT2D eigenvalue weighted by Crippen LogP contribution is -2.35. The minimum absolute atomic E-state index is 0.0589.